The molecule has 0 aliphatic heterocycles. The Labute approximate surface area is 80.5 Å². The SMILES string of the molecule is CCCCCCC#[C][Ge]([CH3])([CH3])[CH3]. The Bertz CT molecular complexity index is 154. The summed E-state index contributed by atoms with van der Waals surface area (Å²) in [5.74, 6) is 10.4. The zero-order chi connectivity index (χ0) is 9.45. The summed E-state index contributed by atoms with van der Waals surface area (Å²) in [6, 6.07) is 0. The molecule has 0 radical (unpaired) electrons. The molecule has 0 atom stereocenters. The summed E-state index contributed by atoms with van der Waals surface area (Å²) < 4.78 is 3.44. The van der Waals surface area contributed by atoms with Crippen LogP contribution >= 0.6 is 0 Å². The molecule has 0 saturated carbocycles. The van der Waals surface area contributed by atoms with E-state index in [0.29, 0.717) is 0 Å². The topological polar surface area (TPSA) is 0 Å². The Morgan fingerprint density at radius 2 is 1.67 bits per heavy atom. The summed E-state index contributed by atoms with van der Waals surface area (Å²) in [7, 11) is 0. The number of hydrogen-bond acceptors (Lipinski definition) is 0. The predicted octanol–water partition coefficient (Wildman–Crippen LogP) is 3.84. The van der Waals surface area contributed by atoms with Crippen LogP contribution in [0.15, 0.2) is 0 Å². The van der Waals surface area contributed by atoms with E-state index in [-0.39, 0.29) is 0 Å². The van der Waals surface area contributed by atoms with E-state index in [0.717, 1.165) is 6.42 Å². The van der Waals surface area contributed by atoms with Gasteiger partial charge in [-0.3, -0.25) is 0 Å². The van der Waals surface area contributed by atoms with Crippen LogP contribution in [0.1, 0.15) is 39.0 Å². The molecule has 0 rings (SSSR count). The molecule has 0 aliphatic carbocycles. The van der Waals surface area contributed by atoms with Crippen molar-refractivity contribution < 1.29 is 0 Å². The van der Waals surface area contributed by atoms with Gasteiger partial charge in [-0.15, -0.1) is 0 Å². The Kier molecular flexibility index (Phi) is 6.66. The predicted molar refractivity (Wildman–Crippen MR) is 59.9 cm³/mol. The quantitative estimate of drug-likeness (QED) is 0.388. The number of hydrogen-bond donors (Lipinski definition) is 0. The molecule has 0 amide bonds. The molecule has 1 heteroatoms. The molecule has 0 nitrogen and oxygen atoms in total. The van der Waals surface area contributed by atoms with Crippen LogP contribution in [-0.2, 0) is 0 Å². The zero-order valence-corrected chi connectivity index (χ0v) is 11.1. The van der Waals surface area contributed by atoms with Gasteiger partial charge in [-0.25, -0.2) is 0 Å². The van der Waals surface area contributed by atoms with Gasteiger partial charge in [0.2, 0.25) is 0 Å². The van der Waals surface area contributed by atoms with Crippen LogP contribution in [0.25, 0.3) is 0 Å². The molecule has 0 spiro atoms. The molecule has 0 unspecified atom stereocenters. The van der Waals surface area contributed by atoms with Gasteiger partial charge < -0.3 is 0 Å². The van der Waals surface area contributed by atoms with Crippen LogP contribution in [0, 0.1) is 10.7 Å². The maximum absolute atomic E-state index is 3.44. The van der Waals surface area contributed by atoms with E-state index in [1.807, 2.05) is 0 Å². The number of unbranched alkanes of at least 4 members (excludes halogenated alkanes) is 4. The van der Waals surface area contributed by atoms with E-state index in [1.165, 1.54) is 25.7 Å². The third-order valence-electron chi connectivity index (χ3n) is 1.62. The maximum atomic E-state index is 3.44. The standard InChI is InChI=1S/C11H22Ge/c1-5-6-7-8-9-10-11-12(2,3)4/h5-9H2,1-4H3. The molecule has 70 valence electrons. The molecule has 0 aliphatic rings. The monoisotopic (exact) mass is 228 g/mol. The summed E-state index contributed by atoms with van der Waals surface area (Å²) >= 11 is -1.53. The second-order valence-electron chi connectivity index (χ2n) is 4.36. The van der Waals surface area contributed by atoms with Gasteiger partial charge >= 0.3 is 80.2 Å². The van der Waals surface area contributed by atoms with Crippen LogP contribution in [0.5, 0.6) is 0 Å². The molecule has 0 fully saturated rings. The van der Waals surface area contributed by atoms with Crippen molar-refractivity contribution in [1.82, 2.24) is 0 Å². The Morgan fingerprint density at radius 1 is 1.00 bits per heavy atom. The fourth-order valence-electron chi connectivity index (χ4n) is 0.968. The van der Waals surface area contributed by atoms with E-state index in [9.17, 15) is 0 Å². The van der Waals surface area contributed by atoms with Crippen LogP contribution in [-0.4, -0.2) is 13.3 Å². The second kappa shape index (κ2) is 6.60. The summed E-state index contributed by atoms with van der Waals surface area (Å²) in [6.07, 6.45) is 6.49. The van der Waals surface area contributed by atoms with E-state index < -0.39 is 13.3 Å². The van der Waals surface area contributed by atoms with Gasteiger partial charge in [-0.1, -0.05) is 0 Å². The zero-order valence-electron chi connectivity index (χ0n) is 9.04. The molecular formula is C11H22Ge. The first-order valence-electron chi connectivity index (χ1n) is 5.06. The molecule has 12 heavy (non-hydrogen) atoms. The van der Waals surface area contributed by atoms with E-state index in [4.69, 9.17) is 0 Å². The van der Waals surface area contributed by atoms with E-state index in [2.05, 4.69) is 34.9 Å². The van der Waals surface area contributed by atoms with Crippen molar-refractivity contribution in [2.45, 2.75) is 56.3 Å². The molecule has 0 aromatic rings. The first kappa shape index (κ1) is 12.1. The fourth-order valence-corrected chi connectivity index (χ4v) is 2.34. The van der Waals surface area contributed by atoms with Gasteiger partial charge in [0.05, 0.1) is 0 Å². The van der Waals surface area contributed by atoms with Crippen LogP contribution in [0.3, 0.4) is 0 Å². The molecule has 0 saturated heterocycles. The Balaban J connectivity index is 3.34. The third-order valence-corrected chi connectivity index (χ3v) is 3.56. The van der Waals surface area contributed by atoms with Crippen molar-refractivity contribution in [2.75, 3.05) is 0 Å². The van der Waals surface area contributed by atoms with Gasteiger partial charge in [0.25, 0.3) is 0 Å². The van der Waals surface area contributed by atoms with Crippen molar-refractivity contribution in [3.8, 4) is 10.7 Å². The molecule has 0 aromatic carbocycles. The van der Waals surface area contributed by atoms with Gasteiger partial charge in [0, 0.05) is 0 Å². The normalized spacial score (nSPS) is 10.7. The van der Waals surface area contributed by atoms with Gasteiger partial charge in [-0.2, -0.15) is 0 Å². The summed E-state index contributed by atoms with van der Waals surface area (Å²) in [5, 5.41) is 0. The average molecular weight is 227 g/mol. The van der Waals surface area contributed by atoms with E-state index in [1.54, 1.807) is 0 Å². The number of rotatable bonds is 4. The van der Waals surface area contributed by atoms with E-state index >= 15 is 0 Å². The first-order valence-corrected chi connectivity index (χ1v) is 12.4. The molecule has 0 bridgehead atoms. The summed E-state index contributed by atoms with van der Waals surface area (Å²) in [4.78, 5) is 0. The molecular weight excluding hydrogens is 205 g/mol. The average Bonchev–Trinajstić information content (AvgIpc) is 1.94. The van der Waals surface area contributed by atoms with Crippen molar-refractivity contribution in [3.63, 3.8) is 0 Å². The minimum atomic E-state index is -1.53. The Hall–Kier alpha value is 0.103. The van der Waals surface area contributed by atoms with Crippen molar-refractivity contribution in [1.29, 1.82) is 0 Å². The van der Waals surface area contributed by atoms with Crippen molar-refractivity contribution >= 4 is 13.3 Å². The summed E-state index contributed by atoms with van der Waals surface area (Å²) in [5.41, 5.74) is 0. The third kappa shape index (κ3) is 10.1. The van der Waals surface area contributed by atoms with Gasteiger partial charge in [0.1, 0.15) is 0 Å². The first-order chi connectivity index (χ1) is 5.56. The fraction of sp³-hybridized carbons (Fsp3) is 0.818. The van der Waals surface area contributed by atoms with Crippen LogP contribution in [0.2, 0.25) is 17.3 Å². The van der Waals surface area contributed by atoms with Gasteiger partial charge in [-0.05, 0) is 0 Å². The molecule has 0 aromatic heterocycles. The van der Waals surface area contributed by atoms with Crippen molar-refractivity contribution in [3.05, 3.63) is 0 Å². The van der Waals surface area contributed by atoms with Crippen molar-refractivity contribution in [2.24, 2.45) is 0 Å². The minimum absolute atomic E-state index is 1.13. The summed E-state index contributed by atoms with van der Waals surface area (Å²) in [6.45, 7) is 2.25. The van der Waals surface area contributed by atoms with Gasteiger partial charge in [0.15, 0.2) is 0 Å². The second-order valence-corrected chi connectivity index (χ2v) is 14.3. The van der Waals surface area contributed by atoms with Crippen LogP contribution < -0.4 is 0 Å². The molecule has 0 N–H and O–H groups in total. The van der Waals surface area contributed by atoms with Crippen LogP contribution in [0.4, 0.5) is 0 Å². The Morgan fingerprint density at radius 3 is 2.17 bits per heavy atom. The molecule has 0 heterocycles.